The Balaban J connectivity index is 3.31. The second-order valence-corrected chi connectivity index (χ2v) is 2.79. The van der Waals surface area contributed by atoms with E-state index in [9.17, 15) is 9.18 Å². The van der Waals surface area contributed by atoms with Gasteiger partial charge in [-0.15, -0.1) is 0 Å². The van der Waals surface area contributed by atoms with Gasteiger partial charge in [-0.1, -0.05) is 13.8 Å². The van der Waals surface area contributed by atoms with Crippen LogP contribution in [0.4, 0.5) is 4.39 Å². The van der Waals surface area contributed by atoms with Crippen molar-refractivity contribution in [3.05, 3.63) is 0 Å². The molecule has 0 bridgehead atoms. The molecule has 4 heteroatoms. The van der Waals surface area contributed by atoms with Gasteiger partial charge in [-0.3, -0.25) is 9.63 Å². The summed E-state index contributed by atoms with van der Waals surface area (Å²) in [5, 5.41) is 0. The standard InChI is InChI=1S/C7H14FNO2/c1-5(2)4-9-11-7(8)6(3)10/h5,7,9H,4H2,1-3H3. The maximum atomic E-state index is 12.3. The molecular formula is C7H14FNO2. The van der Waals surface area contributed by atoms with Crippen LogP contribution in [-0.4, -0.2) is 18.7 Å². The number of rotatable bonds is 5. The lowest BCUT2D eigenvalue weighted by molar-refractivity contribution is -0.151. The van der Waals surface area contributed by atoms with Crippen molar-refractivity contribution in [1.29, 1.82) is 0 Å². The Labute approximate surface area is 65.9 Å². The molecule has 0 saturated heterocycles. The van der Waals surface area contributed by atoms with Crippen LogP contribution in [0.5, 0.6) is 0 Å². The van der Waals surface area contributed by atoms with Crippen LogP contribution < -0.4 is 5.48 Å². The van der Waals surface area contributed by atoms with Gasteiger partial charge in [0.05, 0.1) is 0 Å². The van der Waals surface area contributed by atoms with Crippen LogP contribution in [0.1, 0.15) is 20.8 Å². The number of hydroxylamine groups is 1. The van der Waals surface area contributed by atoms with Gasteiger partial charge in [-0.2, -0.15) is 5.48 Å². The van der Waals surface area contributed by atoms with E-state index in [1.165, 1.54) is 0 Å². The maximum Gasteiger partial charge on any atom is 0.274 e. The molecule has 0 heterocycles. The summed E-state index contributed by atoms with van der Waals surface area (Å²) < 4.78 is 12.3. The van der Waals surface area contributed by atoms with Gasteiger partial charge in [0.2, 0.25) is 0 Å². The molecule has 0 aromatic heterocycles. The monoisotopic (exact) mass is 163 g/mol. The summed E-state index contributed by atoms with van der Waals surface area (Å²) in [6.07, 6.45) is -1.84. The first kappa shape index (κ1) is 10.5. The van der Waals surface area contributed by atoms with Gasteiger partial charge in [0, 0.05) is 13.5 Å². The summed E-state index contributed by atoms with van der Waals surface area (Å²) in [4.78, 5) is 14.6. The molecule has 0 rings (SSSR count). The number of nitrogens with one attached hydrogen (secondary N) is 1. The molecule has 1 atom stereocenters. The Morgan fingerprint density at radius 1 is 1.64 bits per heavy atom. The fourth-order valence-corrected chi connectivity index (χ4v) is 0.371. The van der Waals surface area contributed by atoms with Crippen LogP contribution in [0.2, 0.25) is 0 Å². The van der Waals surface area contributed by atoms with Crippen molar-refractivity contribution in [2.45, 2.75) is 27.1 Å². The quantitative estimate of drug-likeness (QED) is 0.615. The van der Waals surface area contributed by atoms with Crippen molar-refractivity contribution in [3.8, 4) is 0 Å². The van der Waals surface area contributed by atoms with E-state index < -0.39 is 12.1 Å². The first-order valence-corrected chi connectivity index (χ1v) is 3.57. The Morgan fingerprint density at radius 3 is 2.55 bits per heavy atom. The number of carbonyl (C=O) groups excluding carboxylic acids is 1. The minimum atomic E-state index is -1.84. The zero-order chi connectivity index (χ0) is 8.85. The van der Waals surface area contributed by atoms with E-state index >= 15 is 0 Å². The number of halogens is 1. The van der Waals surface area contributed by atoms with Gasteiger partial charge >= 0.3 is 0 Å². The fourth-order valence-electron chi connectivity index (χ4n) is 0.371. The van der Waals surface area contributed by atoms with Crippen molar-refractivity contribution < 1.29 is 14.0 Å². The summed E-state index contributed by atoms with van der Waals surface area (Å²) in [6.45, 7) is 5.59. The van der Waals surface area contributed by atoms with Crippen LogP contribution in [0.3, 0.4) is 0 Å². The van der Waals surface area contributed by atoms with E-state index in [4.69, 9.17) is 0 Å². The molecular weight excluding hydrogens is 149 g/mol. The van der Waals surface area contributed by atoms with E-state index in [1.807, 2.05) is 13.8 Å². The predicted octanol–water partition coefficient (Wildman–Crippen LogP) is 1.05. The minimum Gasteiger partial charge on any atom is -0.294 e. The topological polar surface area (TPSA) is 38.3 Å². The maximum absolute atomic E-state index is 12.3. The second-order valence-electron chi connectivity index (χ2n) is 2.79. The highest BCUT2D eigenvalue weighted by molar-refractivity contribution is 5.78. The molecule has 0 aromatic carbocycles. The number of Topliss-reactive ketones (excluding diaryl/α,β-unsaturated/α-hetero) is 1. The molecule has 0 amide bonds. The average Bonchev–Trinajstić information content (AvgIpc) is 1.86. The van der Waals surface area contributed by atoms with Crippen LogP contribution >= 0.6 is 0 Å². The third kappa shape index (κ3) is 5.94. The molecule has 3 nitrogen and oxygen atoms in total. The molecule has 0 fully saturated rings. The number of ketones is 1. The summed E-state index contributed by atoms with van der Waals surface area (Å²) in [5.41, 5.74) is 2.37. The van der Waals surface area contributed by atoms with Gasteiger partial charge in [-0.05, 0) is 5.92 Å². The molecule has 0 saturated carbocycles. The summed E-state index contributed by atoms with van der Waals surface area (Å²) >= 11 is 0. The van der Waals surface area contributed by atoms with Crippen molar-refractivity contribution in [2.24, 2.45) is 5.92 Å². The van der Waals surface area contributed by atoms with E-state index in [-0.39, 0.29) is 0 Å². The lowest BCUT2D eigenvalue weighted by Gasteiger charge is -2.08. The SMILES string of the molecule is CC(=O)C(F)ONCC(C)C. The molecule has 0 spiro atoms. The normalized spacial score (nSPS) is 13.5. The number of alkyl halides is 1. The lowest BCUT2D eigenvalue weighted by atomic mass is 10.2. The first-order valence-electron chi connectivity index (χ1n) is 3.57. The molecule has 0 radical (unpaired) electrons. The van der Waals surface area contributed by atoms with Gasteiger partial charge in [-0.25, -0.2) is 4.39 Å². The Hall–Kier alpha value is -0.480. The average molecular weight is 163 g/mol. The van der Waals surface area contributed by atoms with E-state index in [1.54, 1.807) is 0 Å². The Bertz CT molecular complexity index is 128. The third-order valence-corrected chi connectivity index (χ3v) is 0.998. The predicted molar refractivity (Wildman–Crippen MR) is 39.5 cm³/mol. The molecule has 1 N–H and O–H groups in total. The third-order valence-electron chi connectivity index (χ3n) is 0.998. The lowest BCUT2D eigenvalue weighted by Crippen LogP contribution is -2.28. The molecule has 66 valence electrons. The molecule has 0 aromatic rings. The number of hydrogen-bond donors (Lipinski definition) is 1. The van der Waals surface area contributed by atoms with Crippen molar-refractivity contribution >= 4 is 5.78 Å². The summed E-state index contributed by atoms with van der Waals surface area (Å²) in [6, 6.07) is 0. The fraction of sp³-hybridized carbons (Fsp3) is 0.857. The Morgan fingerprint density at radius 2 is 2.18 bits per heavy atom. The zero-order valence-electron chi connectivity index (χ0n) is 7.06. The van der Waals surface area contributed by atoms with Crippen LogP contribution in [0.25, 0.3) is 0 Å². The van der Waals surface area contributed by atoms with Gasteiger partial charge in [0.25, 0.3) is 6.36 Å². The van der Waals surface area contributed by atoms with Gasteiger partial charge in [0.1, 0.15) is 0 Å². The molecule has 0 aliphatic carbocycles. The minimum absolute atomic E-state index is 0.370. The number of hydrogen-bond acceptors (Lipinski definition) is 3. The highest BCUT2D eigenvalue weighted by Crippen LogP contribution is 1.93. The van der Waals surface area contributed by atoms with Crippen LogP contribution in [0.15, 0.2) is 0 Å². The van der Waals surface area contributed by atoms with Gasteiger partial charge in [0.15, 0.2) is 5.78 Å². The highest BCUT2D eigenvalue weighted by atomic mass is 19.1. The zero-order valence-corrected chi connectivity index (χ0v) is 7.06. The smallest absolute Gasteiger partial charge is 0.274 e. The summed E-state index contributed by atoms with van der Waals surface area (Å²) in [5.74, 6) is -0.254. The molecule has 0 aliphatic heterocycles. The van der Waals surface area contributed by atoms with Crippen molar-refractivity contribution in [2.75, 3.05) is 6.54 Å². The largest absolute Gasteiger partial charge is 0.294 e. The van der Waals surface area contributed by atoms with E-state index in [0.717, 1.165) is 6.92 Å². The van der Waals surface area contributed by atoms with Crippen molar-refractivity contribution in [3.63, 3.8) is 0 Å². The van der Waals surface area contributed by atoms with E-state index in [2.05, 4.69) is 10.3 Å². The van der Waals surface area contributed by atoms with Crippen LogP contribution in [-0.2, 0) is 9.63 Å². The van der Waals surface area contributed by atoms with Crippen molar-refractivity contribution in [1.82, 2.24) is 5.48 Å². The second kappa shape index (κ2) is 5.21. The molecule has 0 aliphatic rings. The first-order chi connectivity index (χ1) is 5.04. The number of carbonyl (C=O) groups is 1. The Kier molecular flexibility index (Phi) is 4.98. The molecule has 11 heavy (non-hydrogen) atoms. The molecule has 1 unspecified atom stereocenters. The van der Waals surface area contributed by atoms with Gasteiger partial charge < -0.3 is 0 Å². The van der Waals surface area contributed by atoms with E-state index in [0.29, 0.717) is 12.5 Å². The highest BCUT2D eigenvalue weighted by Gasteiger charge is 2.11. The summed E-state index contributed by atoms with van der Waals surface area (Å²) in [7, 11) is 0. The van der Waals surface area contributed by atoms with Crippen LogP contribution in [0, 0.1) is 5.92 Å².